The average Bonchev–Trinajstić information content (AvgIpc) is 2.97. The third-order valence-electron chi connectivity index (χ3n) is 3.91. The van der Waals surface area contributed by atoms with Gasteiger partial charge in [0.05, 0.1) is 5.69 Å². The molecule has 6 heteroatoms. The van der Waals surface area contributed by atoms with Gasteiger partial charge in [-0.3, -0.25) is 4.79 Å². The maximum absolute atomic E-state index is 12.4. The molecule has 1 saturated heterocycles. The molecule has 0 aliphatic carbocycles. The number of nitrogens with two attached hydrogens (primary N) is 1. The van der Waals surface area contributed by atoms with Crippen LogP contribution in [0.2, 0.25) is 0 Å². The Balaban J connectivity index is 1.71. The van der Waals surface area contributed by atoms with Gasteiger partial charge in [0.2, 0.25) is 5.91 Å². The fraction of sp³-hybridized carbons (Fsp3) is 0.375. The predicted octanol–water partition coefficient (Wildman–Crippen LogP) is 2.56. The second-order valence-corrected chi connectivity index (χ2v) is 6.48. The van der Waals surface area contributed by atoms with E-state index in [1.54, 1.807) is 0 Å². The lowest BCUT2D eigenvalue weighted by Gasteiger charge is -2.31. The number of anilines is 1. The highest BCUT2D eigenvalue weighted by Crippen LogP contribution is 2.26. The molecule has 3 rings (SSSR count). The first-order valence-corrected chi connectivity index (χ1v) is 8.15. The van der Waals surface area contributed by atoms with E-state index in [4.69, 9.17) is 10.5 Å². The highest BCUT2D eigenvalue weighted by atomic mass is 32.1. The molecule has 0 atom stereocenters. The second kappa shape index (κ2) is 6.16. The molecular formula is C16H19N3O2S. The van der Waals surface area contributed by atoms with Crippen LogP contribution >= 0.6 is 11.3 Å². The summed E-state index contributed by atoms with van der Waals surface area (Å²) >= 11 is 1.41. The highest BCUT2D eigenvalue weighted by Gasteiger charge is 2.36. The van der Waals surface area contributed by atoms with Crippen molar-refractivity contribution in [3.05, 3.63) is 35.2 Å². The van der Waals surface area contributed by atoms with E-state index in [-0.39, 0.29) is 5.91 Å². The van der Waals surface area contributed by atoms with Gasteiger partial charge < -0.3 is 15.8 Å². The maximum Gasteiger partial charge on any atom is 0.246 e. The van der Waals surface area contributed by atoms with E-state index in [0.717, 1.165) is 11.3 Å². The number of nitrogens with one attached hydrogen (secondary N) is 1. The third kappa shape index (κ3) is 3.19. The van der Waals surface area contributed by atoms with E-state index >= 15 is 0 Å². The molecule has 1 aliphatic rings. The van der Waals surface area contributed by atoms with Crippen LogP contribution in [-0.4, -0.2) is 29.6 Å². The number of nitrogens with zero attached hydrogens (tertiary/aromatic N) is 1. The van der Waals surface area contributed by atoms with Gasteiger partial charge in [0, 0.05) is 24.2 Å². The Hall–Kier alpha value is -1.76. The summed E-state index contributed by atoms with van der Waals surface area (Å²) in [5.41, 5.74) is 8.42. The summed E-state index contributed by atoms with van der Waals surface area (Å²) in [5.74, 6) is -0.180. The van der Waals surface area contributed by atoms with Crippen molar-refractivity contribution in [2.75, 3.05) is 18.5 Å². The van der Waals surface area contributed by atoms with E-state index in [1.807, 2.05) is 36.6 Å². The monoisotopic (exact) mass is 317 g/mol. The Morgan fingerprint density at radius 3 is 2.68 bits per heavy atom. The van der Waals surface area contributed by atoms with E-state index in [1.165, 1.54) is 16.9 Å². The van der Waals surface area contributed by atoms with Crippen molar-refractivity contribution < 1.29 is 9.53 Å². The van der Waals surface area contributed by atoms with Crippen LogP contribution in [0.5, 0.6) is 0 Å². The summed E-state index contributed by atoms with van der Waals surface area (Å²) in [6.07, 6.45) is 1.07. The molecule has 22 heavy (non-hydrogen) atoms. The molecule has 1 aromatic carbocycles. The number of thiazole rings is 1. The van der Waals surface area contributed by atoms with Gasteiger partial charge in [0.1, 0.15) is 5.54 Å². The van der Waals surface area contributed by atoms with Crippen LogP contribution in [0.4, 0.5) is 5.13 Å². The molecule has 116 valence electrons. The minimum absolute atomic E-state index is 0.180. The summed E-state index contributed by atoms with van der Waals surface area (Å²) < 4.78 is 5.26. The zero-order valence-corrected chi connectivity index (χ0v) is 13.3. The van der Waals surface area contributed by atoms with Crippen molar-refractivity contribution in [2.24, 2.45) is 5.73 Å². The number of carbonyl (C=O) groups excluding carboxylic acids is 1. The Labute approximate surface area is 133 Å². The first-order valence-electron chi connectivity index (χ1n) is 7.27. The number of aryl methyl sites for hydroxylation is 1. The Morgan fingerprint density at radius 2 is 2.00 bits per heavy atom. The van der Waals surface area contributed by atoms with Crippen LogP contribution in [0.1, 0.15) is 18.4 Å². The molecule has 0 spiro atoms. The van der Waals surface area contributed by atoms with E-state index in [2.05, 4.69) is 10.3 Å². The minimum atomic E-state index is -0.853. The van der Waals surface area contributed by atoms with Gasteiger partial charge in [0.15, 0.2) is 5.13 Å². The number of ether oxygens (including phenoxy) is 1. The summed E-state index contributed by atoms with van der Waals surface area (Å²) in [6, 6.07) is 8.14. The zero-order chi connectivity index (χ0) is 15.6. The molecule has 1 fully saturated rings. The van der Waals surface area contributed by atoms with Crippen LogP contribution < -0.4 is 11.1 Å². The van der Waals surface area contributed by atoms with Crippen molar-refractivity contribution >= 4 is 22.4 Å². The summed E-state index contributed by atoms with van der Waals surface area (Å²) in [7, 11) is 0. The molecule has 0 bridgehead atoms. The van der Waals surface area contributed by atoms with Crippen LogP contribution in [0.25, 0.3) is 11.3 Å². The van der Waals surface area contributed by atoms with E-state index in [0.29, 0.717) is 31.2 Å². The number of carbonyl (C=O) groups is 1. The average molecular weight is 317 g/mol. The fourth-order valence-corrected chi connectivity index (χ4v) is 3.09. The lowest BCUT2D eigenvalue weighted by atomic mass is 9.90. The Kier molecular flexibility index (Phi) is 4.24. The van der Waals surface area contributed by atoms with E-state index < -0.39 is 5.54 Å². The summed E-state index contributed by atoms with van der Waals surface area (Å²) in [4.78, 5) is 16.8. The van der Waals surface area contributed by atoms with Gasteiger partial charge in [-0.2, -0.15) is 0 Å². The number of hydrogen-bond acceptors (Lipinski definition) is 5. The maximum atomic E-state index is 12.4. The Bertz CT molecular complexity index is 660. The normalized spacial score (nSPS) is 17.2. The number of amides is 1. The van der Waals surface area contributed by atoms with Crippen molar-refractivity contribution in [2.45, 2.75) is 25.3 Å². The van der Waals surface area contributed by atoms with E-state index in [9.17, 15) is 4.79 Å². The fourth-order valence-electron chi connectivity index (χ4n) is 2.37. The quantitative estimate of drug-likeness (QED) is 0.912. The number of hydrogen-bond donors (Lipinski definition) is 2. The van der Waals surface area contributed by atoms with Crippen molar-refractivity contribution in [1.29, 1.82) is 0 Å². The largest absolute Gasteiger partial charge is 0.381 e. The molecular weight excluding hydrogens is 298 g/mol. The van der Waals surface area contributed by atoms with Gasteiger partial charge in [-0.25, -0.2) is 4.98 Å². The molecule has 0 saturated carbocycles. The number of aromatic nitrogens is 1. The minimum Gasteiger partial charge on any atom is -0.381 e. The molecule has 2 aromatic rings. The van der Waals surface area contributed by atoms with Gasteiger partial charge >= 0.3 is 0 Å². The molecule has 0 unspecified atom stereocenters. The lowest BCUT2D eigenvalue weighted by molar-refractivity contribution is -0.124. The molecule has 1 amide bonds. The van der Waals surface area contributed by atoms with Gasteiger partial charge in [-0.15, -0.1) is 11.3 Å². The van der Waals surface area contributed by atoms with Crippen LogP contribution in [0.15, 0.2) is 29.6 Å². The predicted molar refractivity (Wildman–Crippen MR) is 87.9 cm³/mol. The number of rotatable bonds is 3. The smallest absolute Gasteiger partial charge is 0.246 e. The van der Waals surface area contributed by atoms with Gasteiger partial charge in [0.25, 0.3) is 0 Å². The topological polar surface area (TPSA) is 77.2 Å². The van der Waals surface area contributed by atoms with Crippen LogP contribution in [0.3, 0.4) is 0 Å². The summed E-state index contributed by atoms with van der Waals surface area (Å²) in [6.45, 7) is 3.10. The van der Waals surface area contributed by atoms with Gasteiger partial charge in [-0.05, 0) is 19.8 Å². The molecule has 1 aromatic heterocycles. The highest BCUT2D eigenvalue weighted by molar-refractivity contribution is 7.14. The zero-order valence-electron chi connectivity index (χ0n) is 12.5. The third-order valence-corrected chi connectivity index (χ3v) is 4.67. The standard InChI is InChI=1S/C16H19N3O2S/c1-11-2-4-12(5-3-11)13-10-22-15(18-13)19-14(20)16(17)6-8-21-9-7-16/h2-5,10H,6-9,17H2,1H3,(H,18,19,20). The van der Waals surface area contributed by atoms with Crippen molar-refractivity contribution in [3.63, 3.8) is 0 Å². The first-order chi connectivity index (χ1) is 10.6. The summed E-state index contributed by atoms with van der Waals surface area (Å²) in [5, 5.41) is 5.36. The lowest BCUT2D eigenvalue weighted by Crippen LogP contribution is -2.54. The molecule has 0 radical (unpaired) electrons. The molecule has 5 nitrogen and oxygen atoms in total. The molecule has 3 N–H and O–H groups in total. The van der Waals surface area contributed by atoms with Crippen LogP contribution in [-0.2, 0) is 9.53 Å². The number of benzene rings is 1. The Morgan fingerprint density at radius 1 is 1.32 bits per heavy atom. The van der Waals surface area contributed by atoms with Crippen LogP contribution in [0, 0.1) is 6.92 Å². The second-order valence-electron chi connectivity index (χ2n) is 5.63. The molecule has 1 aliphatic heterocycles. The SMILES string of the molecule is Cc1ccc(-c2csc(NC(=O)C3(N)CCOCC3)n2)cc1. The van der Waals surface area contributed by atoms with Crippen molar-refractivity contribution in [1.82, 2.24) is 4.98 Å². The van der Waals surface area contributed by atoms with Crippen molar-refractivity contribution in [3.8, 4) is 11.3 Å². The van der Waals surface area contributed by atoms with Gasteiger partial charge in [-0.1, -0.05) is 29.8 Å². The molecule has 2 heterocycles. The first kappa shape index (κ1) is 15.1.